The number of carbonyl (C=O) groups is 2. The molecular weight excluding hydrogens is 388 g/mol. The Hall–Kier alpha value is -2.48. The number of nitrogens with zero attached hydrogens (tertiary/aromatic N) is 2. The van der Waals surface area contributed by atoms with E-state index in [1.165, 1.54) is 11.3 Å². The van der Waals surface area contributed by atoms with Crippen LogP contribution in [0.2, 0.25) is 0 Å². The number of hydrogen-bond acceptors (Lipinski definition) is 6. The summed E-state index contributed by atoms with van der Waals surface area (Å²) in [4.78, 5) is 25.2. The Morgan fingerprint density at radius 2 is 1.83 bits per heavy atom. The second-order valence-electron chi connectivity index (χ2n) is 8.30. The van der Waals surface area contributed by atoms with Crippen LogP contribution in [0.15, 0.2) is 24.3 Å². The summed E-state index contributed by atoms with van der Waals surface area (Å²) in [6.45, 7) is 9.92. The van der Waals surface area contributed by atoms with E-state index in [-0.39, 0.29) is 23.1 Å². The molecule has 2 atom stereocenters. The van der Waals surface area contributed by atoms with Crippen LogP contribution in [0.4, 0.5) is 5.13 Å². The SMILES string of the molecule is CC[C@H](C)[C@H](NC(=O)CC(C)(C)C)C(=O)Nc1nnc(-c2ccc(OC)cc2)s1. The molecule has 0 aliphatic rings. The number of nitrogens with one attached hydrogen (secondary N) is 2. The number of amides is 2. The zero-order valence-corrected chi connectivity index (χ0v) is 18.7. The van der Waals surface area contributed by atoms with Crippen molar-refractivity contribution in [2.45, 2.75) is 53.5 Å². The molecule has 8 heteroatoms. The molecule has 2 N–H and O–H groups in total. The van der Waals surface area contributed by atoms with Gasteiger partial charge in [-0.25, -0.2) is 0 Å². The minimum absolute atomic E-state index is 0.00658. The van der Waals surface area contributed by atoms with E-state index in [9.17, 15) is 9.59 Å². The maximum Gasteiger partial charge on any atom is 0.249 e. The predicted octanol–water partition coefficient (Wildman–Crippen LogP) is 4.12. The van der Waals surface area contributed by atoms with Crippen LogP contribution in [0, 0.1) is 11.3 Å². The second-order valence-corrected chi connectivity index (χ2v) is 9.28. The maximum absolute atomic E-state index is 12.8. The van der Waals surface area contributed by atoms with E-state index < -0.39 is 6.04 Å². The number of aromatic nitrogens is 2. The largest absolute Gasteiger partial charge is 0.497 e. The molecule has 0 spiro atoms. The molecule has 0 aliphatic heterocycles. The minimum atomic E-state index is -0.622. The Morgan fingerprint density at radius 1 is 1.17 bits per heavy atom. The lowest BCUT2D eigenvalue weighted by Gasteiger charge is -2.25. The number of carbonyl (C=O) groups excluding carboxylic acids is 2. The van der Waals surface area contributed by atoms with Gasteiger partial charge in [-0.2, -0.15) is 0 Å². The highest BCUT2D eigenvalue weighted by Crippen LogP contribution is 2.28. The molecule has 2 rings (SSSR count). The number of benzene rings is 1. The Kier molecular flexibility index (Phi) is 7.73. The van der Waals surface area contributed by atoms with Gasteiger partial charge >= 0.3 is 0 Å². The summed E-state index contributed by atoms with van der Waals surface area (Å²) in [5.41, 5.74) is 0.744. The predicted molar refractivity (Wildman–Crippen MR) is 116 cm³/mol. The Bertz CT molecular complexity index is 827. The smallest absolute Gasteiger partial charge is 0.249 e. The zero-order valence-electron chi connectivity index (χ0n) is 17.9. The average Bonchev–Trinajstić information content (AvgIpc) is 3.12. The molecule has 0 aliphatic carbocycles. The molecule has 158 valence electrons. The molecule has 2 amide bonds. The van der Waals surface area contributed by atoms with E-state index in [0.29, 0.717) is 16.6 Å². The number of anilines is 1. The lowest BCUT2D eigenvalue weighted by atomic mass is 9.91. The number of methoxy groups -OCH3 is 1. The van der Waals surface area contributed by atoms with Crippen molar-refractivity contribution in [3.8, 4) is 16.3 Å². The van der Waals surface area contributed by atoms with Gasteiger partial charge < -0.3 is 10.1 Å². The first-order chi connectivity index (χ1) is 13.6. The van der Waals surface area contributed by atoms with Gasteiger partial charge in [0.1, 0.15) is 16.8 Å². The molecule has 0 bridgehead atoms. The van der Waals surface area contributed by atoms with Gasteiger partial charge in [0.05, 0.1) is 7.11 Å². The summed E-state index contributed by atoms with van der Waals surface area (Å²) in [6.07, 6.45) is 1.12. The average molecular weight is 419 g/mol. The standard InChI is InChI=1S/C21H30N4O3S/c1-7-13(2)17(22-16(26)12-21(3,4)5)18(27)23-20-25-24-19(29-20)14-8-10-15(28-6)11-9-14/h8-11,13,17H,7,12H2,1-6H3,(H,22,26)(H,23,25,27)/t13-,17-/m0/s1. The van der Waals surface area contributed by atoms with Crippen molar-refractivity contribution in [2.75, 3.05) is 12.4 Å². The van der Waals surface area contributed by atoms with Crippen LogP contribution in [-0.2, 0) is 9.59 Å². The monoisotopic (exact) mass is 418 g/mol. The number of ether oxygens (including phenoxy) is 1. The summed E-state index contributed by atoms with van der Waals surface area (Å²) >= 11 is 1.29. The van der Waals surface area contributed by atoms with Crippen molar-refractivity contribution in [3.63, 3.8) is 0 Å². The first kappa shape index (κ1) is 22.8. The van der Waals surface area contributed by atoms with Crippen molar-refractivity contribution in [3.05, 3.63) is 24.3 Å². The topological polar surface area (TPSA) is 93.2 Å². The van der Waals surface area contributed by atoms with E-state index in [4.69, 9.17) is 4.74 Å². The lowest BCUT2D eigenvalue weighted by molar-refractivity contribution is -0.128. The third-order valence-electron chi connectivity index (χ3n) is 4.49. The van der Waals surface area contributed by atoms with Gasteiger partial charge in [-0.05, 0) is 35.6 Å². The maximum atomic E-state index is 12.8. The van der Waals surface area contributed by atoms with Gasteiger partial charge in [-0.15, -0.1) is 10.2 Å². The van der Waals surface area contributed by atoms with Crippen molar-refractivity contribution in [1.82, 2.24) is 15.5 Å². The molecule has 0 fully saturated rings. The molecular formula is C21H30N4O3S. The first-order valence-electron chi connectivity index (χ1n) is 9.71. The molecule has 0 saturated carbocycles. The van der Waals surface area contributed by atoms with Gasteiger partial charge in [0.25, 0.3) is 0 Å². The molecule has 29 heavy (non-hydrogen) atoms. The highest BCUT2D eigenvalue weighted by molar-refractivity contribution is 7.18. The fourth-order valence-corrected chi connectivity index (χ4v) is 3.47. The molecule has 1 aromatic heterocycles. The van der Waals surface area contributed by atoms with E-state index in [1.807, 2.05) is 58.9 Å². The molecule has 0 saturated heterocycles. The summed E-state index contributed by atoms with van der Waals surface area (Å²) in [5.74, 6) is 0.343. The van der Waals surface area contributed by atoms with Crippen molar-refractivity contribution in [2.24, 2.45) is 11.3 Å². The van der Waals surface area contributed by atoms with Crippen LogP contribution in [0.5, 0.6) is 5.75 Å². The van der Waals surface area contributed by atoms with E-state index in [0.717, 1.165) is 17.7 Å². The van der Waals surface area contributed by atoms with Gasteiger partial charge in [-0.1, -0.05) is 52.4 Å². The molecule has 1 heterocycles. The summed E-state index contributed by atoms with van der Waals surface area (Å²) in [5, 5.41) is 15.0. The highest BCUT2D eigenvalue weighted by atomic mass is 32.1. The van der Waals surface area contributed by atoms with Crippen LogP contribution in [0.1, 0.15) is 47.5 Å². The van der Waals surface area contributed by atoms with Gasteiger partial charge in [0.15, 0.2) is 0 Å². The van der Waals surface area contributed by atoms with Gasteiger partial charge in [0.2, 0.25) is 16.9 Å². The van der Waals surface area contributed by atoms with E-state index in [2.05, 4.69) is 20.8 Å². The van der Waals surface area contributed by atoms with Crippen molar-refractivity contribution >= 4 is 28.3 Å². The number of rotatable bonds is 8. The second kappa shape index (κ2) is 9.82. The molecule has 1 aromatic carbocycles. The Morgan fingerprint density at radius 3 is 2.38 bits per heavy atom. The van der Waals surface area contributed by atoms with Crippen LogP contribution in [0.25, 0.3) is 10.6 Å². The molecule has 7 nitrogen and oxygen atoms in total. The fraction of sp³-hybridized carbons (Fsp3) is 0.524. The van der Waals surface area contributed by atoms with Crippen LogP contribution in [0.3, 0.4) is 0 Å². The lowest BCUT2D eigenvalue weighted by Crippen LogP contribution is -2.48. The molecule has 2 aromatic rings. The van der Waals surface area contributed by atoms with Crippen molar-refractivity contribution in [1.29, 1.82) is 0 Å². The normalized spacial score (nSPS) is 13.4. The first-order valence-corrected chi connectivity index (χ1v) is 10.5. The fourth-order valence-electron chi connectivity index (χ4n) is 2.72. The van der Waals surface area contributed by atoms with Crippen LogP contribution >= 0.6 is 11.3 Å². The third kappa shape index (κ3) is 6.81. The summed E-state index contributed by atoms with van der Waals surface area (Å²) in [7, 11) is 1.61. The summed E-state index contributed by atoms with van der Waals surface area (Å²) < 4.78 is 5.16. The quantitative estimate of drug-likeness (QED) is 0.673. The van der Waals surface area contributed by atoms with E-state index in [1.54, 1.807) is 7.11 Å². The van der Waals surface area contributed by atoms with Gasteiger partial charge in [0, 0.05) is 12.0 Å². The zero-order chi connectivity index (χ0) is 21.6. The van der Waals surface area contributed by atoms with Crippen LogP contribution in [-0.4, -0.2) is 35.2 Å². The Balaban J connectivity index is 2.08. The van der Waals surface area contributed by atoms with E-state index >= 15 is 0 Å². The summed E-state index contributed by atoms with van der Waals surface area (Å²) in [6, 6.07) is 6.85. The van der Waals surface area contributed by atoms with Crippen molar-refractivity contribution < 1.29 is 14.3 Å². The van der Waals surface area contributed by atoms with Crippen LogP contribution < -0.4 is 15.4 Å². The minimum Gasteiger partial charge on any atom is -0.497 e. The number of hydrogen-bond donors (Lipinski definition) is 2. The Labute approximate surface area is 176 Å². The third-order valence-corrected chi connectivity index (χ3v) is 5.38. The highest BCUT2D eigenvalue weighted by Gasteiger charge is 2.28. The molecule has 0 unspecified atom stereocenters. The van der Waals surface area contributed by atoms with Gasteiger partial charge in [-0.3, -0.25) is 14.9 Å². The molecule has 0 radical (unpaired) electrons.